The van der Waals surface area contributed by atoms with Gasteiger partial charge in [0.15, 0.2) is 0 Å². The van der Waals surface area contributed by atoms with Gasteiger partial charge < -0.3 is 15.6 Å². The molecule has 3 N–H and O–H groups in total. The number of H-pyrrole nitrogens is 1. The number of aromatic nitrogens is 1. The SMILES string of the molecule is CC1CN(C(=O)c2cc([N+](=O)[O-])c[nH]2)CCC1N. The van der Waals surface area contributed by atoms with Crippen LogP contribution in [-0.4, -0.2) is 39.8 Å². The Morgan fingerprint density at radius 2 is 2.39 bits per heavy atom. The van der Waals surface area contributed by atoms with Gasteiger partial charge in [-0.1, -0.05) is 6.92 Å². The van der Waals surface area contributed by atoms with Crippen LogP contribution in [-0.2, 0) is 0 Å². The van der Waals surface area contributed by atoms with Crippen LogP contribution in [0, 0.1) is 16.0 Å². The molecule has 2 atom stereocenters. The third-order valence-electron chi connectivity index (χ3n) is 3.37. The normalized spacial score (nSPS) is 24.0. The second kappa shape index (κ2) is 4.77. The van der Waals surface area contributed by atoms with E-state index in [9.17, 15) is 14.9 Å². The lowest BCUT2D eigenvalue weighted by atomic mass is 9.94. The molecule has 1 aromatic rings. The van der Waals surface area contributed by atoms with Gasteiger partial charge >= 0.3 is 0 Å². The van der Waals surface area contributed by atoms with Crippen molar-refractivity contribution >= 4 is 11.6 Å². The molecule has 2 unspecified atom stereocenters. The first kappa shape index (κ1) is 12.6. The summed E-state index contributed by atoms with van der Waals surface area (Å²) in [6.45, 7) is 3.19. The minimum absolute atomic E-state index is 0.0971. The molecule has 0 bridgehead atoms. The van der Waals surface area contributed by atoms with Crippen molar-refractivity contribution in [3.8, 4) is 0 Å². The highest BCUT2D eigenvalue weighted by molar-refractivity contribution is 5.93. The lowest BCUT2D eigenvalue weighted by molar-refractivity contribution is -0.384. The summed E-state index contributed by atoms with van der Waals surface area (Å²) in [6, 6.07) is 1.38. The highest BCUT2D eigenvalue weighted by atomic mass is 16.6. The molecule has 98 valence electrons. The largest absolute Gasteiger partial charge is 0.351 e. The lowest BCUT2D eigenvalue weighted by Crippen LogP contribution is -2.48. The summed E-state index contributed by atoms with van der Waals surface area (Å²) >= 11 is 0. The Kier molecular flexibility index (Phi) is 3.33. The number of rotatable bonds is 2. The van der Waals surface area contributed by atoms with Crippen molar-refractivity contribution in [2.45, 2.75) is 19.4 Å². The van der Waals surface area contributed by atoms with E-state index in [1.807, 2.05) is 6.92 Å². The fourth-order valence-electron chi connectivity index (χ4n) is 2.13. The Hall–Kier alpha value is -1.89. The van der Waals surface area contributed by atoms with Crippen molar-refractivity contribution < 1.29 is 9.72 Å². The van der Waals surface area contributed by atoms with Crippen LogP contribution in [0.4, 0.5) is 5.69 Å². The molecule has 7 heteroatoms. The maximum absolute atomic E-state index is 12.1. The summed E-state index contributed by atoms with van der Waals surface area (Å²) in [5, 5.41) is 10.6. The van der Waals surface area contributed by atoms with E-state index < -0.39 is 4.92 Å². The van der Waals surface area contributed by atoms with Gasteiger partial charge in [0.05, 0.1) is 11.1 Å². The zero-order valence-corrected chi connectivity index (χ0v) is 10.1. The van der Waals surface area contributed by atoms with Crippen LogP contribution in [0.15, 0.2) is 12.3 Å². The van der Waals surface area contributed by atoms with Crippen molar-refractivity contribution in [3.05, 3.63) is 28.1 Å². The van der Waals surface area contributed by atoms with E-state index >= 15 is 0 Å². The number of hydrogen-bond acceptors (Lipinski definition) is 4. The molecule has 2 heterocycles. The number of nitrogens with one attached hydrogen (secondary N) is 1. The molecule has 1 aliphatic rings. The zero-order valence-electron chi connectivity index (χ0n) is 10.1. The first-order valence-corrected chi connectivity index (χ1v) is 5.86. The van der Waals surface area contributed by atoms with Gasteiger partial charge in [0.25, 0.3) is 11.6 Å². The number of nitro groups is 1. The first-order valence-electron chi connectivity index (χ1n) is 5.86. The molecule has 1 aliphatic heterocycles. The molecule has 0 aliphatic carbocycles. The van der Waals surface area contributed by atoms with E-state index in [1.165, 1.54) is 12.3 Å². The Balaban J connectivity index is 2.09. The van der Waals surface area contributed by atoms with E-state index in [0.717, 1.165) is 6.42 Å². The van der Waals surface area contributed by atoms with Crippen molar-refractivity contribution in [3.63, 3.8) is 0 Å². The number of amides is 1. The predicted molar refractivity (Wildman–Crippen MR) is 65.1 cm³/mol. The molecule has 0 aromatic carbocycles. The molecule has 0 saturated carbocycles. The highest BCUT2D eigenvalue weighted by Crippen LogP contribution is 2.19. The maximum Gasteiger partial charge on any atom is 0.287 e. The molecule has 1 aromatic heterocycles. The average molecular weight is 252 g/mol. The number of carbonyl (C=O) groups is 1. The standard InChI is InChI=1S/C11H16N4O3/c1-7-6-14(3-2-9(7)12)11(16)10-4-8(5-13-10)15(17)18/h4-5,7,9,13H,2-3,6,12H2,1H3. The van der Waals surface area contributed by atoms with Crippen LogP contribution in [0.1, 0.15) is 23.8 Å². The number of piperidine rings is 1. The third-order valence-corrected chi connectivity index (χ3v) is 3.37. The van der Waals surface area contributed by atoms with Crippen LogP contribution < -0.4 is 5.73 Å². The van der Waals surface area contributed by atoms with Crippen molar-refractivity contribution in [1.29, 1.82) is 0 Å². The first-order chi connectivity index (χ1) is 8.49. The van der Waals surface area contributed by atoms with Gasteiger partial charge in [0.1, 0.15) is 5.69 Å². The molecule has 7 nitrogen and oxygen atoms in total. The fourth-order valence-corrected chi connectivity index (χ4v) is 2.13. The Morgan fingerprint density at radius 3 is 2.94 bits per heavy atom. The van der Waals surface area contributed by atoms with Gasteiger partial charge in [-0.2, -0.15) is 0 Å². The quantitative estimate of drug-likeness (QED) is 0.597. The molecule has 0 spiro atoms. The van der Waals surface area contributed by atoms with E-state index in [4.69, 9.17) is 5.73 Å². The Labute approximate surface area is 104 Å². The summed E-state index contributed by atoms with van der Waals surface area (Å²) in [4.78, 5) is 26.5. The molecular weight excluding hydrogens is 236 g/mol. The highest BCUT2D eigenvalue weighted by Gasteiger charge is 2.28. The minimum Gasteiger partial charge on any atom is -0.351 e. The number of likely N-dealkylation sites (tertiary alicyclic amines) is 1. The van der Waals surface area contributed by atoms with Crippen LogP contribution in [0.25, 0.3) is 0 Å². The molecule has 1 amide bonds. The van der Waals surface area contributed by atoms with E-state index in [1.54, 1.807) is 4.90 Å². The van der Waals surface area contributed by atoms with Gasteiger partial charge in [0.2, 0.25) is 0 Å². The van der Waals surface area contributed by atoms with E-state index in [2.05, 4.69) is 4.98 Å². The van der Waals surface area contributed by atoms with Gasteiger partial charge in [-0.15, -0.1) is 0 Å². The van der Waals surface area contributed by atoms with Crippen molar-refractivity contribution in [2.75, 3.05) is 13.1 Å². The molecule has 18 heavy (non-hydrogen) atoms. The van der Waals surface area contributed by atoms with E-state index in [0.29, 0.717) is 13.1 Å². The number of nitrogens with zero attached hydrogens (tertiary/aromatic N) is 2. The summed E-state index contributed by atoms with van der Waals surface area (Å²) in [5.74, 6) is 0.0366. The molecule has 0 radical (unpaired) electrons. The number of carbonyl (C=O) groups excluding carboxylic acids is 1. The van der Waals surface area contributed by atoms with E-state index in [-0.39, 0.29) is 29.2 Å². The van der Waals surface area contributed by atoms with Gasteiger partial charge in [-0.25, -0.2) is 0 Å². The second-order valence-electron chi connectivity index (χ2n) is 4.71. The summed E-state index contributed by atoms with van der Waals surface area (Å²) in [7, 11) is 0. The molecular formula is C11H16N4O3. The Bertz CT molecular complexity index is 471. The number of aromatic amines is 1. The van der Waals surface area contributed by atoms with Gasteiger partial charge in [-0.3, -0.25) is 14.9 Å². The number of hydrogen-bond donors (Lipinski definition) is 2. The average Bonchev–Trinajstić information content (AvgIpc) is 2.81. The van der Waals surface area contributed by atoms with Crippen LogP contribution in [0.2, 0.25) is 0 Å². The molecule has 2 rings (SSSR count). The van der Waals surface area contributed by atoms with Gasteiger partial charge in [0, 0.05) is 25.2 Å². The lowest BCUT2D eigenvalue weighted by Gasteiger charge is -2.34. The zero-order chi connectivity index (χ0) is 13.3. The van der Waals surface area contributed by atoms with Crippen molar-refractivity contribution in [1.82, 2.24) is 9.88 Å². The summed E-state index contributed by atoms with van der Waals surface area (Å²) in [6.07, 6.45) is 1.99. The smallest absolute Gasteiger partial charge is 0.287 e. The van der Waals surface area contributed by atoms with Crippen LogP contribution >= 0.6 is 0 Å². The van der Waals surface area contributed by atoms with Gasteiger partial charge in [-0.05, 0) is 12.3 Å². The van der Waals surface area contributed by atoms with Crippen molar-refractivity contribution in [2.24, 2.45) is 11.7 Å². The summed E-state index contributed by atoms with van der Waals surface area (Å²) in [5.41, 5.74) is 6.04. The maximum atomic E-state index is 12.1. The Morgan fingerprint density at radius 1 is 1.67 bits per heavy atom. The molecule has 1 saturated heterocycles. The fraction of sp³-hybridized carbons (Fsp3) is 0.545. The minimum atomic E-state index is -0.526. The topological polar surface area (TPSA) is 105 Å². The van der Waals surface area contributed by atoms with Crippen LogP contribution in [0.3, 0.4) is 0 Å². The second-order valence-corrected chi connectivity index (χ2v) is 4.71. The predicted octanol–water partition coefficient (Wildman–Crippen LogP) is 0.732. The third kappa shape index (κ3) is 2.35. The summed E-state index contributed by atoms with van der Waals surface area (Å²) < 4.78 is 0. The monoisotopic (exact) mass is 252 g/mol. The molecule has 1 fully saturated rings. The number of nitrogens with two attached hydrogens (primary N) is 1. The van der Waals surface area contributed by atoms with Crippen LogP contribution in [0.5, 0.6) is 0 Å².